The highest BCUT2D eigenvalue weighted by molar-refractivity contribution is 7.90. The zero-order chi connectivity index (χ0) is 17.2. The van der Waals surface area contributed by atoms with Crippen molar-refractivity contribution in [2.24, 2.45) is 0 Å². The quantitative estimate of drug-likeness (QED) is 0.500. The Hall–Kier alpha value is -2.59. The minimum atomic E-state index is -3.72. The van der Waals surface area contributed by atoms with Crippen LogP contribution >= 0.6 is 11.6 Å². The lowest BCUT2D eigenvalue weighted by Gasteiger charge is -2.07. The number of nitrogens with one attached hydrogen (secondary N) is 1. The fourth-order valence-electron chi connectivity index (χ4n) is 1.58. The van der Waals surface area contributed by atoms with E-state index in [0.29, 0.717) is 0 Å². The number of carbonyl (C=O) groups excluding carboxylic acids is 1. The molecule has 9 nitrogen and oxygen atoms in total. The van der Waals surface area contributed by atoms with Gasteiger partial charge in [0.1, 0.15) is 0 Å². The molecule has 0 bridgehead atoms. The van der Waals surface area contributed by atoms with Gasteiger partial charge in [0.15, 0.2) is 5.69 Å². The molecule has 2 aromatic rings. The highest BCUT2D eigenvalue weighted by Crippen LogP contribution is 2.20. The molecule has 1 aromatic carbocycles. The number of hydrogen-bond donors (Lipinski definition) is 1. The number of carbonyl (C=O) groups is 1. The van der Waals surface area contributed by atoms with Gasteiger partial charge in [-0.05, 0) is 6.07 Å². The van der Waals surface area contributed by atoms with E-state index < -0.39 is 25.8 Å². The molecule has 11 heteroatoms. The molecule has 1 heterocycles. The molecule has 1 N–H and O–H groups in total. The topological polar surface area (TPSA) is 132 Å². The highest BCUT2D eigenvalue weighted by Gasteiger charge is 2.19. The van der Waals surface area contributed by atoms with E-state index in [1.54, 1.807) is 0 Å². The number of nitrogens with zero attached hydrogens (tertiary/aromatic N) is 3. The van der Waals surface area contributed by atoms with Gasteiger partial charge in [0.2, 0.25) is 15.0 Å². The standard InChI is InChI=1S/C12H9ClN4O5S/c1-23(21,22)12-14-6-9(13)10(16-12)11(18)15-7-3-2-4-8(5-7)17(19)20/h2-6H,1H3,(H,15,18). The fraction of sp³-hybridized carbons (Fsp3) is 0.0833. The van der Waals surface area contributed by atoms with Crippen LogP contribution in [0.4, 0.5) is 11.4 Å². The van der Waals surface area contributed by atoms with Gasteiger partial charge in [0.25, 0.3) is 11.6 Å². The van der Waals surface area contributed by atoms with Crippen molar-refractivity contribution in [1.29, 1.82) is 0 Å². The summed E-state index contributed by atoms with van der Waals surface area (Å²) in [7, 11) is -3.72. The third kappa shape index (κ3) is 3.99. The maximum Gasteiger partial charge on any atom is 0.275 e. The van der Waals surface area contributed by atoms with Crippen molar-refractivity contribution in [2.45, 2.75) is 5.16 Å². The number of benzene rings is 1. The van der Waals surface area contributed by atoms with Gasteiger partial charge in [-0.15, -0.1) is 0 Å². The highest BCUT2D eigenvalue weighted by atomic mass is 35.5. The first-order chi connectivity index (χ1) is 10.7. The Morgan fingerprint density at radius 2 is 2.09 bits per heavy atom. The molecule has 0 atom stereocenters. The van der Waals surface area contributed by atoms with Crippen LogP contribution in [-0.4, -0.2) is 35.5 Å². The minimum absolute atomic E-state index is 0.139. The molecule has 2 rings (SSSR count). The van der Waals surface area contributed by atoms with E-state index in [9.17, 15) is 23.3 Å². The molecule has 0 saturated heterocycles. The molecule has 0 saturated carbocycles. The number of nitro groups is 1. The van der Waals surface area contributed by atoms with E-state index in [2.05, 4.69) is 15.3 Å². The van der Waals surface area contributed by atoms with Crippen LogP contribution in [0.3, 0.4) is 0 Å². The van der Waals surface area contributed by atoms with E-state index in [-0.39, 0.29) is 22.1 Å². The number of rotatable bonds is 4. The van der Waals surface area contributed by atoms with Crippen LogP contribution in [0.15, 0.2) is 35.6 Å². The van der Waals surface area contributed by atoms with E-state index in [4.69, 9.17) is 11.6 Å². The molecule has 0 fully saturated rings. The Morgan fingerprint density at radius 1 is 1.39 bits per heavy atom. The number of anilines is 1. The van der Waals surface area contributed by atoms with Gasteiger partial charge >= 0.3 is 0 Å². The van der Waals surface area contributed by atoms with Gasteiger partial charge in [-0.3, -0.25) is 14.9 Å². The number of hydrogen-bond acceptors (Lipinski definition) is 7. The average molecular weight is 357 g/mol. The van der Waals surface area contributed by atoms with Crippen molar-refractivity contribution in [3.63, 3.8) is 0 Å². The Balaban J connectivity index is 2.34. The second-order valence-corrected chi connectivity index (χ2v) is 6.70. The lowest BCUT2D eigenvalue weighted by atomic mass is 10.2. The van der Waals surface area contributed by atoms with E-state index in [1.807, 2.05) is 0 Å². The first-order valence-corrected chi connectivity index (χ1v) is 8.24. The third-order valence-corrected chi connectivity index (χ3v) is 3.72. The van der Waals surface area contributed by atoms with Crippen LogP contribution in [0.25, 0.3) is 0 Å². The summed E-state index contributed by atoms with van der Waals surface area (Å²) in [5.74, 6) is -0.817. The molecule has 1 aromatic heterocycles. The fourth-order valence-corrected chi connectivity index (χ4v) is 2.25. The van der Waals surface area contributed by atoms with Crippen molar-refractivity contribution in [2.75, 3.05) is 11.6 Å². The summed E-state index contributed by atoms with van der Waals surface area (Å²) in [4.78, 5) is 29.4. The zero-order valence-corrected chi connectivity index (χ0v) is 13.1. The molecule has 23 heavy (non-hydrogen) atoms. The molecular formula is C12H9ClN4O5S. The molecule has 120 valence electrons. The van der Waals surface area contributed by atoms with Crippen molar-refractivity contribution in [1.82, 2.24) is 9.97 Å². The maximum atomic E-state index is 12.1. The van der Waals surface area contributed by atoms with Gasteiger partial charge in [-0.25, -0.2) is 18.4 Å². The molecule has 0 aliphatic carbocycles. The number of sulfone groups is 1. The van der Waals surface area contributed by atoms with Crippen molar-refractivity contribution in [3.05, 3.63) is 51.3 Å². The Bertz CT molecular complexity index is 900. The lowest BCUT2D eigenvalue weighted by molar-refractivity contribution is -0.384. The molecule has 0 radical (unpaired) electrons. The predicted octanol–water partition coefficient (Wildman–Crippen LogP) is 1.69. The van der Waals surface area contributed by atoms with Crippen LogP contribution in [0, 0.1) is 10.1 Å². The minimum Gasteiger partial charge on any atom is -0.320 e. The molecule has 0 unspecified atom stereocenters. The molecule has 1 amide bonds. The van der Waals surface area contributed by atoms with Gasteiger partial charge in [0.05, 0.1) is 16.1 Å². The van der Waals surface area contributed by atoms with Gasteiger partial charge in [0, 0.05) is 24.1 Å². The molecule has 0 aliphatic rings. The van der Waals surface area contributed by atoms with Crippen LogP contribution in [-0.2, 0) is 9.84 Å². The monoisotopic (exact) mass is 356 g/mol. The second kappa shape index (κ2) is 6.26. The summed E-state index contributed by atoms with van der Waals surface area (Å²) in [6, 6.07) is 5.22. The SMILES string of the molecule is CS(=O)(=O)c1ncc(Cl)c(C(=O)Nc2cccc([N+](=O)[O-])c2)n1. The van der Waals surface area contributed by atoms with E-state index in [0.717, 1.165) is 18.5 Å². The third-order valence-electron chi connectivity index (χ3n) is 2.58. The van der Waals surface area contributed by atoms with Crippen molar-refractivity contribution < 1.29 is 18.1 Å². The maximum absolute atomic E-state index is 12.1. The summed E-state index contributed by atoms with van der Waals surface area (Å²) in [6.45, 7) is 0. The summed E-state index contributed by atoms with van der Waals surface area (Å²) in [5, 5.41) is 12.4. The summed E-state index contributed by atoms with van der Waals surface area (Å²) >= 11 is 5.80. The Labute approximate surface area is 135 Å². The van der Waals surface area contributed by atoms with E-state index >= 15 is 0 Å². The first kappa shape index (κ1) is 16.8. The van der Waals surface area contributed by atoms with Gasteiger partial charge in [-0.2, -0.15) is 0 Å². The zero-order valence-electron chi connectivity index (χ0n) is 11.6. The smallest absolute Gasteiger partial charge is 0.275 e. The Morgan fingerprint density at radius 3 is 2.70 bits per heavy atom. The number of non-ortho nitro benzene ring substituents is 1. The number of halogens is 1. The number of aromatic nitrogens is 2. The lowest BCUT2D eigenvalue weighted by Crippen LogP contribution is -2.17. The van der Waals surface area contributed by atoms with Crippen molar-refractivity contribution in [3.8, 4) is 0 Å². The van der Waals surface area contributed by atoms with Crippen molar-refractivity contribution >= 4 is 38.7 Å². The van der Waals surface area contributed by atoms with Crippen LogP contribution in [0.5, 0.6) is 0 Å². The van der Waals surface area contributed by atoms with Gasteiger partial charge < -0.3 is 5.32 Å². The summed E-state index contributed by atoms with van der Waals surface area (Å²) in [5.41, 5.74) is -0.429. The number of amides is 1. The van der Waals surface area contributed by atoms with Gasteiger partial charge in [-0.1, -0.05) is 17.7 Å². The molecular weight excluding hydrogens is 348 g/mol. The molecule has 0 aliphatic heterocycles. The summed E-state index contributed by atoms with van der Waals surface area (Å²) in [6.07, 6.45) is 1.88. The largest absolute Gasteiger partial charge is 0.320 e. The Kier molecular flexibility index (Phi) is 4.57. The average Bonchev–Trinajstić information content (AvgIpc) is 2.46. The van der Waals surface area contributed by atoms with Crippen LogP contribution < -0.4 is 5.32 Å². The van der Waals surface area contributed by atoms with Crippen LogP contribution in [0.1, 0.15) is 10.5 Å². The van der Waals surface area contributed by atoms with E-state index in [1.165, 1.54) is 18.2 Å². The number of nitro benzene ring substituents is 1. The summed E-state index contributed by atoms with van der Waals surface area (Å²) < 4.78 is 22.8. The van der Waals surface area contributed by atoms with Crippen LogP contribution in [0.2, 0.25) is 5.02 Å². The predicted molar refractivity (Wildman–Crippen MR) is 81.2 cm³/mol. The second-order valence-electron chi connectivity index (χ2n) is 4.38. The normalized spacial score (nSPS) is 11.0. The molecule has 0 spiro atoms. The first-order valence-electron chi connectivity index (χ1n) is 5.97.